The first-order valence-electron chi connectivity index (χ1n) is 6.43. The molecule has 22 heavy (non-hydrogen) atoms. The van der Waals surface area contributed by atoms with Gasteiger partial charge < -0.3 is 10.2 Å². The van der Waals surface area contributed by atoms with E-state index in [1.165, 1.54) is 12.1 Å². The lowest BCUT2D eigenvalue weighted by Gasteiger charge is -2.28. The van der Waals surface area contributed by atoms with Crippen molar-refractivity contribution in [1.82, 2.24) is 10.4 Å². The molecule has 1 aromatic rings. The summed E-state index contributed by atoms with van der Waals surface area (Å²) in [6.45, 7) is 1.13. The highest BCUT2D eigenvalue weighted by Gasteiger charge is 2.31. The number of hydrazine groups is 1. The molecule has 2 amide bonds. The summed E-state index contributed by atoms with van der Waals surface area (Å²) < 4.78 is 0. The molecule has 118 valence electrons. The lowest BCUT2D eigenvalue weighted by molar-refractivity contribution is -0.145. The van der Waals surface area contributed by atoms with Crippen LogP contribution in [-0.2, 0) is 14.4 Å². The molecular weight excluding hydrogens is 292 g/mol. The highest BCUT2D eigenvalue weighted by atomic mass is 16.4. The molecule has 1 rings (SSSR count). The lowest BCUT2D eigenvalue weighted by atomic mass is 10.1. The van der Waals surface area contributed by atoms with Crippen LogP contribution in [0.1, 0.15) is 30.1 Å². The first-order chi connectivity index (χ1) is 10.3. The van der Waals surface area contributed by atoms with Gasteiger partial charge in [0.2, 0.25) is 5.91 Å². The van der Waals surface area contributed by atoms with Gasteiger partial charge in [0, 0.05) is 18.9 Å². The molecule has 0 saturated heterocycles. The van der Waals surface area contributed by atoms with Crippen molar-refractivity contribution >= 4 is 23.8 Å². The summed E-state index contributed by atoms with van der Waals surface area (Å²) in [6.07, 6.45) is -0.779. The maximum Gasteiger partial charge on any atom is 0.328 e. The molecule has 3 N–H and O–H groups in total. The first-order valence-corrected chi connectivity index (χ1v) is 6.43. The summed E-state index contributed by atoms with van der Waals surface area (Å²) in [4.78, 5) is 45.6. The lowest BCUT2D eigenvalue weighted by Crippen LogP contribution is -2.54. The van der Waals surface area contributed by atoms with Crippen molar-refractivity contribution in [2.75, 3.05) is 0 Å². The van der Waals surface area contributed by atoms with E-state index in [2.05, 4.69) is 5.43 Å². The molecule has 0 heterocycles. The third-order valence-corrected chi connectivity index (χ3v) is 2.75. The van der Waals surface area contributed by atoms with Gasteiger partial charge in [0.25, 0.3) is 5.91 Å². The van der Waals surface area contributed by atoms with E-state index in [-0.39, 0.29) is 12.0 Å². The minimum atomic E-state index is -1.48. The Morgan fingerprint density at radius 1 is 1.14 bits per heavy atom. The van der Waals surface area contributed by atoms with Gasteiger partial charge in [-0.1, -0.05) is 18.2 Å². The van der Waals surface area contributed by atoms with E-state index in [9.17, 15) is 24.3 Å². The summed E-state index contributed by atoms with van der Waals surface area (Å²) in [6, 6.07) is 6.31. The summed E-state index contributed by atoms with van der Waals surface area (Å²) >= 11 is 0. The number of aliphatic carboxylic acids is 2. The largest absolute Gasteiger partial charge is 0.481 e. The second kappa shape index (κ2) is 7.77. The van der Waals surface area contributed by atoms with Crippen LogP contribution in [0.3, 0.4) is 0 Å². The molecule has 0 unspecified atom stereocenters. The summed E-state index contributed by atoms with van der Waals surface area (Å²) in [7, 11) is 0. The van der Waals surface area contributed by atoms with Gasteiger partial charge in [-0.3, -0.25) is 19.8 Å². The molecule has 0 aliphatic rings. The second-order valence-electron chi connectivity index (χ2n) is 4.50. The molecule has 0 saturated carbocycles. The molecular formula is C14H16N2O6. The molecule has 0 aromatic heterocycles. The Morgan fingerprint density at radius 3 is 2.18 bits per heavy atom. The van der Waals surface area contributed by atoms with Gasteiger partial charge in [-0.05, 0) is 18.6 Å². The van der Waals surface area contributed by atoms with E-state index in [1.54, 1.807) is 18.2 Å². The molecule has 8 nitrogen and oxygen atoms in total. The number of carbonyl (C=O) groups excluding carboxylic acids is 2. The van der Waals surface area contributed by atoms with Gasteiger partial charge in [0.1, 0.15) is 0 Å². The van der Waals surface area contributed by atoms with Gasteiger partial charge in [-0.25, -0.2) is 9.80 Å². The van der Waals surface area contributed by atoms with E-state index in [4.69, 9.17) is 5.11 Å². The Kier molecular flexibility index (Phi) is 6.06. The number of hydrogen-bond acceptors (Lipinski definition) is 4. The molecule has 0 spiro atoms. The maximum atomic E-state index is 12.4. The van der Waals surface area contributed by atoms with Crippen LogP contribution in [0.15, 0.2) is 30.3 Å². The highest BCUT2D eigenvalue weighted by molar-refractivity contribution is 5.97. The fourth-order valence-corrected chi connectivity index (χ4v) is 1.78. The van der Waals surface area contributed by atoms with Crippen LogP contribution in [0, 0.1) is 0 Å². The van der Waals surface area contributed by atoms with E-state index in [0.717, 1.165) is 6.92 Å². The molecule has 0 radical (unpaired) electrons. The minimum Gasteiger partial charge on any atom is -0.481 e. The zero-order valence-electron chi connectivity index (χ0n) is 11.9. The monoisotopic (exact) mass is 308 g/mol. The van der Waals surface area contributed by atoms with Gasteiger partial charge in [0.15, 0.2) is 6.04 Å². The predicted octanol–water partition coefficient (Wildman–Crippen LogP) is 0.498. The van der Waals surface area contributed by atoms with E-state index in [0.29, 0.717) is 5.01 Å². The number of carboxylic acids is 2. The topological polar surface area (TPSA) is 124 Å². The van der Waals surface area contributed by atoms with Crippen LogP contribution >= 0.6 is 0 Å². The van der Waals surface area contributed by atoms with Crippen LogP contribution in [0.5, 0.6) is 0 Å². The summed E-state index contributed by atoms with van der Waals surface area (Å²) in [5.41, 5.74) is 2.33. The predicted molar refractivity (Wildman–Crippen MR) is 74.7 cm³/mol. The standard InChI is InChI=1S/C14H16N2O6/c1-9(17)15-16(11(14(21)22)7-8-12(18)19)13(20)10-5-3-2-4-6-10/h2-6,11H,7-8H2,1H3,(H,15,17)(H,18,19)(H,21,22)/t11-/m0/s1. The van der Waals surface area contributed by atoms with E-state index in [1.807, 2.05) is 0 Å². The smallest absolute Gasteiger partial charge is 0.328 e. The highest BCUT2D eigenvalue weighted by Crippen LogP contribution is 2.11. The number of carboxylic acid groups (broad SMARTS) is 2. The van der Waals surface area contributed by atoms with Gasteiger partial charge in [-0.15, -0.1) is 0 Å². The van der Waals surface area contributed by atoms with Crippen molar-refractivity contribution in [2.24, 2.45) is 0 Å². The molecule has 0 bridgehead atoms. The average Bonchev–Trinajstić information content (AvgIpc) is 2.45. The van der Waals surface area contributed by atoms with Crippen LogP contribution in [-0.4, -0.2) is 45.0 Å². The van der Waals surface area contributed by atoms with Crippen LogP contribution < -0.4 is 5.43 Å². The Hall–Kier alpha value is -2.90. The van der Waals surface area contributed by atoms with Gasteiger partial charge >= 0.3 is 11.9 Å². The van der Waals surface area contributed by atoms with Crippen molar-refractivity contribution in [3.8, 4) is 0 Å². The summed E-state index contributed by atoms with van der Waals surface area (Å²) in [5, 5.41) is 18.6. The number of nitrogens with zero attached hydrogens (tertiary/aromatic N) is 1. The minimum absolute atomic E-state index is 0.179. The quantitative estimate of drug-likeness (QED) is 0.657. The summed E-state index contributed by atoms with van der Waals surface area (Å²) in [5.74, 6) is -3.96. The van der Waals surface area contributed by atoms with Crippen molar-refractivity contribution in [2.45, 2.75) is 25.8 Å². The zero-order valence-corrected chi connectivity index (χ0v) is 11.9. The number of rotatable bonds is 6. The molecule has 8 heteroatoms. The Morgan fingerprint density at radius 2 is 1.73 bits per heavy atom. The van der Waals surface area contributed by atoms with Crippen LogP contribution in [0.25, 0.3) is 0 Å². The van der Waals surface area contributed by atoms with Crippen LogP contribution in [0.4, 0.5) is 0 Å². The van der Waals surface area contributed by atoms with Crippen molar-refractivity contribution < 1.29 is 29.4 Å². The fourth-order valence-electron chi connectivity index (χ4n) is 1.78. The average molecular weight is 308 g/mol. The number of nitrogens with one attached hydrogen (secondary N) is 1. The maximum absolute atomic E-state index is 12.4. The Labute approximate surface area is 126 Å². The molecule has 0 aliphatic heterocycles. The van der Waals surface area contributed by atoms with Crippen molar-refractivity contribution in [3.05, 3.63) is 35.9 Å². The molecule has 1 aromatic carbocycles. The zero-order chi connectivity index (χ0) is 16.7. The first kappa shape index (κ1) is 17.2. The number of carbonyl (C=O) groups is 4. The normalized spacial score (nSPS) is 11.3. The van der Waals surface area contributed by atoms with Gasteiger partial charge in [-0.2, -0.15) is 0 Å². The Bertz CT molecular complexity index is 572. The van der Waals surface area contributed by atoms with Crippen molar-refractivity contribution in [1.29, 1.82) is 0 Å². The van der Waals surface area contributed by atoms with Crippen molar-refractivity contribution in [3.63, 3.8) is 0 Å². The third-order valence-electron chi connectivity index (χ3n) is 2.75. The number of hydrogen-bond donors (Lipinski definition) is 3. The molecule has 0 aliphatic carbocycles. The third kappa shape index (κ3) is 4.89. The molecule has 1 atom stereocenters. The number of amides is 2. The van der Waals surface area contributed by atoms with E-state index < -0.39 is 36.2 Å². The van der Waals surface area contributed by atoms with Crippen LogP contribution in [0.2, 0.25) is 0 Å². The second-order valence-corrected chi connectivity index (χ2v) is 4.50. The fraction of sp³-hybridized carbons (Fsp3) is 0.286. The molecule has 0 fully saturated rings. The van der Waals surface area contributed by atoms with E-state index >= 15 is 0 Å². The van der Waals surface area contributed by atoms with Gasteiger partial charge in [0.05, 0.1) is 0 Å². The number of benzene rings is 1. The SMILES string of the molecule is CC(=O)NN(C(=O)c1ccccc1)[C@@H](CCC(=O)O)C(=O)O. The Balaban J connectivity index is 3.07.